The molecule has 1 aliphatic carbocycles. The summed E-state index contributed by atoms with van der Waals surface area (Å²) in [5, 5.41) is 11.8. The average molecular weight is 414 g/mol. The third kappa shape index (κ3) is 4.75. The zero-order valence-corrected chi connectivity index (χ0v) is 17.9. The van der Waals surface area contributed by atoms with Crippen molar-refractivity contribution in [3.63, 3.8) is 0 Å². The molecule has 0 unspecified atom stereocenters. The average Bonchev–Trinajstić information content (AvgIpc) is 2.98. The molecule has 8 nitrogen and oxygen atoms in total. The molecule has 1 aromatic heterocycles. The number of fused-ring (bicyclic) bond motifs is 1. The zero-order chi connectivity index (χ0) is 20.9. The Bertz CT molecular complexity index is 855. The Hall–Kier alpha value is -2.61. The van der Waals surface area contributed by atoms with Gasteiger partial charge in [-0.05, 0) is 30.5 Å². The van der Waals surface area contributed by atoms with Gasteiger partial charge in [-0.3, -0.25) is 9.69 Å². The third-order valence-corrected chi connectivity index (χ3v) is 6.14. The van der Waals surface area contributed by atoms with E-state index in [1.165, 1.54) is 12.0 Å². The lowest BCUT2D eigenvalue weighted by Crippen LogP contribution is -2.35. The molecular formula is C22H31N5O3. The van der Waals surface area contributed by atoms with Gasteiger partial charge in [0.05, 0.1) is 14.2 Å². The first-order chi connectivity index (χ1) is 14.7. The van der Waals surface area contributed by atoms with Gasteiger partial charge in [0.2, 0.25) is 5.91 Å². The van der Waals surface area contributed by atoms with Gasteiger partial charge in [0.25, 0.3) is 0 Å². The molecule has 162 valence electrons. The predicted molar refractivity (Wildman–Crippen MR) is 113 cm³/mol. The minimum atomic E-state index is 0.191. The van der Waals surface area contributed by atoms with Crippen LogP contribution in [0.25, 0.3) is 0 Å². The van der Waals surface area contributed by atoms with Gasteiger partial charge in [0, 0.05) is 57.5 Å². The van der Waals surface area contributed by atoms with E-state index in [0.717, 1.165) is 75.0 Å². The van der Waals surface area contributed by atoms with Crippen molar-refractivity contribution in [3.8, 4) is 11.5 Å². The molecule has 0 atom stereocenters. The van der Waals surface area contributed by atoms with E-state index in [1.54, 1.807) is 14.2 Å². The summed E-state index contributed by atoms with van der Waals surface area (Å²) in [5.41, 5.74) is 1.17. The first-order valence-corrected chi connectivity index (χ1v) is 10.8. The number of nitrogens with zero attached hydrogens (tertiary/aromatic N) is 4. The summed E-state index contributed by atoms with van der Waals surface area (Å²) in [4.78, 5) is 14.4. The second-order valence-corrected chi connectivity index (χ2v) is 8.10. The van der Waals surface area contributed by atoms with E-state index in [1.807, 2.05) is 6.07 Å². The number of carbonyl (C=O) groups excluding carboxylic acids is 1. The Morgan fingerprint density at radius 2 is 1.87 bits per heavy atom. The monoisotopic (exact) mass is 413 g/mol. The summed E-state index contributed by atoms with van der Waals surface area (Å²) in [6.45, 7) is 4.16. The number of aromatic nitrogens is 3. The molecule has 30 heavy (non-hydrogen) atoms. The second-order valence-electron chi connectivity index (χ2n) is 8.10. The molecule has 1 saturated carbocycles. The maximum Gasteiger partial charge on any atom is 0.223 e. The molecule has 0 bridgehead atoms. The maximum absolute atomic E-state index is 12.0. The molecule has 8 heteroatoms. The van der Waals surface area contributed by atoms with Gasteiger partial charge in [0.1, 0.15) is 23.1 Å². The fourth-order valence-corrected chi connectivity index (χ4v) is 4.10. The molecule has 1 aliphatic heterocycles. The number of hydrogen-bond donors (Lipinski definition) is 1. The zero-order valence-electron chi connectivity index (χ0n) is 17.9. The van der Waals surface area contributed by atoms with Crippen LogP contribution in [0.5, 0.6) is 11.5 Å². The molecule has 1 aromatic carbocycles. The maximum atomic E-state index is 12.0. The topological polar surface area (TPSA) is 81.5 Å². The molecule has 2 heterocycles. The van der Waals surface area contributed by atoms with E-state index in [4.69, 9.17) is 9.47 Å². The predicted octanol–water partition coefficient (Wildman–Crippen LogP) is 1.81. The number of methoxy groups -OCH3 is 2. The first-order valence-electron chi connectivity index (χ1n) is 10.8. The molecular weight excluding hydrogens is 382 g/mol. The standard InChI is InChI=1S/C22H31N5O3/c1-29-18-12-16(13-19(14-18)30-2)15-26-9-7-21-25-24-20(27(21)11-10-26)6-8-23-22(28)17-4-3-5-17/h12-14,17H,3-11,15H2,1-2H3,(H,23,28). The molecule has 0 saturated heterocycles. The Kier molecular flexibility index (Phi) is 6.52. The van der Waals surface area contributed by atoms with Crippen LogP contribution in [0.2, 0.25) is 0 Å². The van der Waals surface area contributed by atoms with Crippen molar-refractivity contribution in [3.05, 3.63) is 35.4 Å². The number of hydrogen-bond acceptors (Lipinski definition) is 6. The van der Waals surface area contributed by atoms with Gasteiger partial charge in [-0.25, -0.2) is 0 Å². The van der Waals surface area contributed by atoms with Gasteiger partial charge in [-0.2, -0.15) is 0 Å². The van der Waals surface area contributed by atoms with Gasteiger partial charge in [-0.15, -0.1) is 10.2 Å². The fourth-order valence-electron chi connectivity index (χ4n) is 4.10. The molecule has 2 aliphatic rings. The van der Waals surface area contributed by atoms with E-state index in [9.17, 15) is 4.79 Å². The quantitative estimate of drug-likeness (QED) is 0.711. The Labute approximate surface area is 177 Å². The van der Waals surface area contributed by atoms with Crippen molar-refractivity contribution >= 4 is 5.91 Å². The normalized spacial score (nSPS) is 17.0. The Morgan fingerprint density at radius 1 is 1.10 bits per heavy atom. The van der Waals surface area contributed by atoms with Crippen LogP contribution >= 0.6 is 0 Å². The highest BCUT2D eigenvalue weighted by molar-refractivity contribution is 5.79. The molecule has 1 N–H and O–H groups in total. The highest BCUT2D eigenvalue weighted by Crippen LogP contribution is 2.26. The number of rotatable bonds is 8. The smallest absolute Gasteiger partial charge is 0.223 e. The lowest BCUT2D eigenvalue weighted by atomic mass is 9.85. The summed E-state index contributed by atoms with van der Waals surface area (Å²) < 4.78 is 13.0. The SMILES string of the molecule is COc1cc(CN2CCc3nnc(CCNC(=O)C4CCC4)n3CC2)cc(OC)c1. The van der Waals surface area contributed by atoms with Crippen LogP contribution in [0.4, 0.5) is 0 Å². The van der Waals surface area contributed by atoms with Crippen molar-refractivity contribution in [1.29, 1.82) is 0 Å². The number of benzene rings is 1. The van der Waals surface area contributed by atoms with E-state index >= 15 is 0 Å². The highest BCUT2D eigenvalue weighted by atomic mass is 16.5. The van der Waals surface area contributed by atoms with Gasteiger partial charge in [0.15, 0.2) is 0 Å². The van der Waals surface area contributed by atoms with Crippen molar-refractivity contribution in [2.24, 2.45) is 5.92 Å². The minimum Gasteiger partial charge on any atom is -0.497 e. The van der Waals surface area contributed by atoms with Gasteiger partial charge >= 0.3 is 0 Å². The highest BCUT2D eigenvalue weighted by Gasteiger charge is 2.25. The molecule has 1 fully saturated rings. The van der Waals surface area contributed by atoms with Crippen molar-refractivity contribution in [1.82, 2.24) is 25.0 Å². The lowest BCUT2D eigenvalue weighted by Gasteiger charge is -2.24. The van der Waals surface area contributed by atoms with Gasteiger partial charge in [-0.1, -0.05) is 6.42 Å². The van der Waals surface area contributed by atoms with E-state index in [2.05, 4.69) is 37.1 Å². The summed E-state index contributed by atoms with van der Waals surface area (Å²) in [7, 11) is 3.35. The van der Waals surface area contributed by atoms with E-state index in [0.29, 0.717) is 6.54 Å². The number of nitrogens with one attached hydrogen (secondary N) is 1. The lowest BCUT2D eigenvalue weighted by molar-refractivity contribution is -0.127. The Balaban J connectivity index is 1.33. The summed E-state index contributed by atoms with van der Waals surface area (Å²) >= 11 is 0. The van der Waals surface area contributed by atoms with Crippen LogP contribution in [0.15, 0.2) is 18.2 Å². The number of carbonyl (C=O) groups is 1. The first kappa shape index (κ1) is 20.7. The molecule has 0 radical (unpaired) electrons. The fraction of sp³-hybridized carbons (Fsp3) is 0.591. The number of ether oxygens (including phenoxy) is 2. The molecule has 2 aromatic rings. The molecule has 1 amide bonds. The largest absolute Gasteiger partial charge is 0.497 e. The van der Waals surface area contributed by atoms with Crippen LogP contribution in [0.3, 0.4) is 0 Å². The summed E-state index contributed by atoms with van der Waals surface area (Å²) in [5.74, 6) is 4.02. The minimum absolute atomic E-state index is 0.191. The van der Waals surface area contributed by atoms with Crippen LogP contribution in [0, 0.1) is 5.92 Å². The van der Waals surface area contributed by atoms with E-state index in [-0.39, 0.29) is 11.8 Å². The van der Waals surface area contributed by atoms with Crippen molar-refractivity contribution in [2.45, 2.75) is 45.2 Å². The third-order valence-electron chi connectivity index (χ3n) is 6.14. The van der Waals surface area contributed by atoms with Crippen molar-refractivity contribution in [2.75, 3.05) is 33.9 Å². The summed E-state index contributed by atoms with van der Waals surface area (Å²) in [6.07, 6.45) is 4.82. The Morgan fingerprint density at radius 3 is 2.53 bits per heavy atom. The molecule has 4 rings (SSSR count). The van der Waals surface area contributed by atoms with Crippen LogP contribution in [-0.2, 0) is 30.7 Å². The number of amides is 1. The van der Waals surface area contributed by atoms with Crippen LogP contribution in [0.1, 0.15) is 36.5 Å². The van der Waals surface area contributed by atoms with E-state index < -0.39 is 0 Å². The second kappa shape index (κ2) is 9.47. The summed E-state index contributed by atoms with van der Waals surface area (Å²) in [6, 6.07) is 6.01. The van der Waals surface area contributed by atoms with Crippen LogP contribution in [-0.4, -0.2) is 59.4 Å². The van der Waals surface area contributed by atoms with Gasteiger partial charge < -0.3 is 19.4 Å². The molecule has 0 spiro atoms. The van der Waals surface area contributed by atoms with Crippen LogP contribution < -0.4 is 14.8 Å². The van der Waals surface area contributed by atoms with Crippen molar-refractivity contribution < 1.29 is 14.3 Å².